The van der Waals surface area contributed by atoms with Crippen LogP contribution in [0.5, 0.6) is 0 Å². The van der Waals surface area contributed by atoms with Crippen molar-refractivity contribution in [1.82, 2.24) is 4.68 Å². The molecule has 12 heavy (non-hydrogen) atoms. The SMILES string of the molecule is CSc1ccc(SC)n1N(C)C. The third-order valence-electron chi connectivity index (χ3n) is 1.60. The van der Waals surface area contributed by atoms with Crippen molar-refractivity contribution in [1.29, 1.82) is 0 Å². The Balaban J connectivity index is 3.07. The highest BCUT2D eigenvalue weighted by Gasteiger charge is 2.06. The molecule has 1 rings (SSSR count). The van der Waals surface area contributed by atoms with E-state index in [1.165, 1.54) is 10.1 Å². The van der Waals surface area contributed by atoms with Crippen molar-refractivity contribution in [2.24, 2.45) is 0 Å². The first-order valence-electron chi connectivity index (χ1n) is 3.68. The van der Waals surface area contributed by atoms with Crippen LogP contribution in [0.25, 0.3) is 0 Å². The Labute approximate surface area is 82.3 Å². The minimum atomic E-state index is 1.28. The summed E-state index contributed by atoms with van der Waals surface area (Å²) in [4.78, 5) is 0. The van der Waals surface area contributed by atoms with Crippen LogP contribution in [0, 0.1) is 0 Å². The normalized spacial score (nSPS) is 10.3. The minimum Gasteiger partial charge on any atom is -0.317 e. The molecule has 68 valence electrons. The molecule has 0 saturated heterocycles. The first kappa shape index (κ1) is 9.86. The Kier molecular flexibility index (Phi) is 3.40. The Morgan fingerprint density at radius 2 is 1.50 bits per heavy atom. The Hall–Kier alpha value is -0.220. The van der Waals surface area contributed by atoms with Crippen molar-refractivity contribution in [2.75, 3.05) is 31.6 Å². The molecule has 0 N–H and O–H groups in total. The molecular weight excluding hydrogens is 188 g/mol. The van der Waals surface area contributed by atoms with E-state index in [9.17, 15) is 0 Å². The van der Waals surface area contributed by atoms with Crippen LogP contribution in [0.1, 0.15) is 0 Å². The summed E-state index contributed by atoms with van der Waals surface area (Å²) in [6.45, 7) is 0. The van der Waals surface area contributed by atoms with Gasteiger partial charge in [0, 0.05) is 14.1 Å². The molecule has 0 aliphatic rings. The van der Waals surface area contributed by atoms with E-state index >= 15 is 0 Å². The second-order valence-corrected chi connectivity index (χ2v) is 4.23. The number of thioether (sulfide) groups is 2. The number of aromatic nitrogens is 1. The van der Waals surface area contributed by atoms with Gasteiger partial charge >= 0.3 is 0 Å². The highest BCUT2D eigenvalue weighted by molar-refractivity contribution is 7.99. The van der Waals surface area contributed by atoms with Crippen LogP contribution >= 0.6 is 23.5 Å². The lowest BCUT2D eigenvalue weighted by atomic mass is 10.7. The van der Waals surface area contributed by atoms with Gasteiger partial charge in [-0.15, -0.1) is 23.5 Å². The molecule has 0 fully saturated rings. The van der Waals surface area contributed by atoms with Crippen molar-refractivity contribution in [3.05, 3.63) is 12.1 Å². The molecule has 0 aliphatic heterocycles. The van der Waals surface area contributed by atoms with Gasteiger partial charge in [0.2, 0.25) is 0 Å². The molecule has 0 aromatic carbocycles. The van der Waals surface area contributed by atoms with Crippen molar-refractivity contribution in [3.63, 3.8) is 0 Å². The molecule has 1 aromatic heterocycles. The molecule has 0 radical (unpaired) electrons. The summed E-state index contributed by atoms with van der Waals surface area (Å²) in [7, 11) is 4.11. The zero-order chi connectivity index (χ0) is 9.14. The van der Waals surface area contributed by atoms with Crippen molar-refractivity contribution >= 4 is 23.5 Å². The fraction of sp³-hybridized carbons (Fsp3) is 0.500. The second kappa shape index (κ2) is 4.14. The largest absolute Gasteiger partial charge is 0.317 e. The van der Waals surface area contributed by atoms with Gasteiger partial charge in [-0.2, -0.15) is 0 Å². The molecule has 0 saturated carbocycles. The van der Waals surface area contributed by atoms with Gasteiger partial charge in [0.1, 0.15) is 0 Å². The summed E-state index contributed by atoms with van der Waals surface area (Å²) in [5, 5.41) is 4.66. The first-order valence-corrected chi connectivity index (χ1v) is 6.13. The molecule has 4 heteroatoms. The Bertz CT molecular complexity index is 234. The van der Waals surface area contributed by atoms with Gasteiger partial charge in [-0.25, -0.2) is 4.68 Å². The fourth-order valence-electron chi connectivity index (χ4n) is 1.10. The van der Waals surface area contributed by atoms with E-state index in [1.807, 2.05) is 0 Å². The smallest absolute Gasteiger partial charge is 0.0963 e. The van der Waals surface area contributed by atoms with Gasteiger partial charge in [0.05, 0.1) is 10.1 Å². The van der Waals surface area contributed by atoms with Gasteiger partial charge in [-0.1, -0.05) is 0 Å². The molecule has 0 spiro atoms. The molecule has 1 aromatic rings. The van der Waals surface area contributed by atoms with Gasteiger partial charge < -0.3 is 5.01 Å². The van der Waals surface area contributed by atoms with Crippen LogP contribution in [0.4, 0.5) is 0 Å². The average molecular weight is 202 g/mol. The quantitative estimate of drug-likeness (QED) is 0.694. The molecule has 0 aliphatic carbocycles. The molecular formula is C8H14N2S2. The molecule has 1 heterocycles. The molecule has 2 nitrogen and oxygen atoms in total. The highest BCUT2D eigenvalue weighted by Crippen LogP contribution is 2.24. The Morgan fingerprint density at radius 3 is 1.75 bits per heavy atom. The van der Waals surface area contributed by atoms with Crippen LogP contribution in [0.3, 0.4) is 0 Å². The summed E-state index contributed by atoms with van der Waals surface area (Å²) in [5.41, 5.74) is 0. The number of nitrogens with zero attached hydrogens (tertiary/aromatic N) is 2. The van der Waals surface area contributed by atoms with Gasteiger partial charge in [-0.3, -0.25) is 0 Å². The van der Waals surface area contributed by atoms with Crippen molar-refractivity contribution in [3.8, 4) is 0 Å². The van der Waals surface area contributed by atoms with Crippen LogP contribution in [0.2, 0.25) is 0 Å². The zero-order valence-electron chi connectivity index (χ0n) is 7.87. The number of hydrogen-bond acceptors (Lipinski definition) is 3. The van der Waals surface area contributed by atoms with E-state index in [-0.39, 0.29) is 0 Å². The lowest BCUT2D eigenvalue weighted by Gasteiger charge is -2.19. The summed E-state index contributed by atoms with van der Waals surface area (Å²) >= 11 is 3.54. The van der Waals surface area contributed by atoms with E-state index in [4.69, 9.17) is 0 Å². The molecule has 0 atom stereocenters. The summed E-state index contributed by atoms with van der Waals surface area (Å²) < 4.78 is 2.20. The van der Waals surface area contributed by atoms with E-state index in [1.54, 1.807) is 23.5 Å². The standard InChI is InChI=1S/C8H14N2S2/c1-9(2)10-7(11-3)5-6-8(10)12-4/h5-6H,1-4H3. The van der Waals surface area contributed by atoms with Crippen LogP contribution in [-0.2, 0) is 0 Å². The van der Waals surface area contributed by atoms with Crippen LogP contribution < -0.4 is 5.01 Å². The van der Waals surface area contributed by atoms with Crippen LogP contribution in [-0.4, -0.2) is 31.3 Å². The van der Waals surface area contributed by atoms with Crippen LogP contribution in [0.15, 0.2) is 22.2 Å². The predicted octanol–water partition coefficient (Wildman–Crippen LogP) is 2.13. The first-order chi connectivity index (χ1) is 5.70. The molecule has 0 bridgehead atoms. The lowest BCUT2D eigenvalue weighted by molar-refractivity contribution is 0.625. The second-order valence-electron chi connectivity index (χ2n) is 2.58. The molecule has 0 amide bonds. The third-order valence-corrected chi connectivity index (χ3v) is 3.06. The van der Waals surface area contributed by atoms with Gasteiger partial charge in [0.25, 0.3) is 0 Å². The minimum absolute atomic E-state index is 1.28. The average Bonchev–Trinajstić information content (AvgIpc) is 2.46. The predicted molar refractivity (Wildman–Crippen MR) is 58.1 cm³/mol. The van der Waals surface area contributed by atoms with Crippen molar-refractivity contribution < 1.29 is 0 Å². The number of rotatable bonds is 3. The Morgan fingerprint density at radius 1 is 1.08 bits per heavy atom. The van der Waals surface area contributed by atoms with E-state index < -0.39 is 0 Å². The monoisotopic (exact) mass is 202 g/mol. The summed E-state index contributed by atoms with van der Waals surface area (Å²) in [6, 6.07) is 4.30. The highest BCUT2D eigenvalue weighted by atomic mass is 32.2. The fourth-order valence-corrected chi connectivity index (χ4v) is 2.43. The van der Waals surface area contributed by atoms with Gasteiger partial charge in [-0.05, 0) is 24.6 Å². The van der Waals surface area contributed by atoms with Crippen molar-refractivity contribution in [2.45, 2.75) is 10.1 Å². The summed E-state index contributed by atoms with van der Waals surface area (Å²) in [5.74, 6) is 0. The van der Waals surface area contributed by atoms with E-state index in [0.29, 0.717) is 0 Å². The van der Waals surface area contributed by atoms with Gasteiger partial charge in [0.15, 0.2) is 0 Å². The molecule has 0 unspecified atom stereocenters. The maximum atomic E-state index is 2.20. The third kappa shape index (κ3) is 1.75. The maximum absolute atomic E-state index is 2.20. The van der Waals surface area contributed by atoms with E-state index in [0.717, 1.165) is 0 Å². The zero-order valence-corrected chi connectivity index (χ0v) is 9.50. The number of hydrogen-bond donors (Lipinski definition) is 0. The maximum Gasteiger partial charge on any atom is 0.0963 e. The lowest BCUT2D eigenvalue weighted by Crippen LogP contribution is -2.25. The van der Waals surface area contributed by atoms with E-state index in [2.05, 4.69) is 48.4 Å². The summed E-state index contributed by atoms with van der Waals surface area (Å²) in [6.07, 6.45) is 4.19. The topological polar surface area (TPSA) is 8.17 Å².